The van der Waals surface area contributed by atoms with Gasteiger partial charge in [-0.3, -0.25) is 4.79 Å². The number of ketones is 1. The minimum Gasteiger partial charge on any atom is -0.349 e. The molecule has 0 saturated heterocycles. The van der Waals surface area contributed by atoms with E-state index in [2.05, 4.69) is 19.9 Å². The molecule has 2 rings (SSSR count). The van der Waals surface area contributed by atoms with Crippen LogP contribution in [-0.4, -0.2) is 25.7 Å². The van der Waals surface area contributed by atoms with E-state index < -0.39 is 0 Å². The summed E-state index contributed by atoms with van der Waals surface area (Å²) in [5.74, 6) is 0.961. The van der Waals surface area contributed by atoms with Crippen LogP contribution in [0.5, 0.6) is 0 Å². The first-order chi connectivity index (χ1) is 8.75. The minimum atomic E-state index is -0.337. The van der Waals surface area contributed by atoms with Crippen molar-refractivity contribution in [2.24, 2.45) is 0 Å². The number of carbonyl (C=O) groups is 1. The summed E-state index contributed by atoms with van der Waals surface area (Å²) in [4.78, 5) is 34.5. The zero-order chi connectivity index (χ0) is 12.8. The van der Waals surface area contributed by atoms with E-state index in [1.807, 2.05) is 0 Å². The molecule has 0 unspecified atom stereocenters. The lowest BCUT2D eigenvalue weighted by atomic mass is 10.1. The van der Waals surface area contributed by atoms with Crippen molar-refractivity contribution in [1.82, 2.24) is 19.9 Å². The predicted octanol–water partition coefficient (Wildman–Crippen LogP) is 1.41. The second-order valence-corrected chi connectivity index (χ2v) is 4.18. The topological polar surface area (TPSA) is 94.4 Å². The van der Waals surface area contributed by atoms with Gasteiger partial charge in [0.05, 0.1) is 0 Å². The lowest BCUT2D eigenvalue weighted by Gasteiger charge is -1.99. The molecule has 0 aromatic carbocycles. The van der Waals surface area contributed by atoms with Gasteiger partial charge in [0, 0.05) is 31.4 Å². The highest BCUT2D eigenvalue weighted by atomic mass is 16.1. The molecule has 0 atom stereocenters. The second-order valence-electron chi connectivity index (χ2n) is 4.18. The molecule has 6 heteroatoms. The Labute approximate surface area is 104 Å². The molecule has 0 aliphatic heterocycles. The van der Waals surface area contributed by atoms with Gasteiger partial charge in [0.1, 0.15) is 11.5 Å². The highest BCUT2D eigenvalue weighted by Crippen LogP contribution is 2.07. The fourth-order valence-corrected chi connectivity index (χ4v) is 1.81. The first-order valence-electron chi connectivity index (χ1n) is 6.05. The molecule has 0 fully saturated rings. The molecule has 0 spiro atoms. The molecular weight excluding hydrogens is 232 g/mol. The molecule has 0 amide bonds. The fourth-order valence-electron chi connectivity index (χ4n) is 1.81. The summed E-state index contributed by atoms with van der Waals surface area (Å²) >= 11 is 0. The van der Waals surface area contributed by atoms with Crippen LogP contribution in [0.1, 0.15) is 42.0 Å². The van der Waals surface area contributed by atoms with Gasteiger partial charge in [-0.1, -0.05) is 6.42 Å². The Bertz CT molecular complexity index is 538. The molecule has 0 bridgehead atoms. The molecule has 0 radical (unpaired) electrons. The van der Waals surface area contributed by atoms with Gasteiger partial charge in [-0.05, 0) is 12.8 Å². The molecular formula is C12H16N4O2. The van der Waals surface area contributed by atoms with Gasteiger partial charge in [-0.2, -0.15) is 0 Å². The average Bonchev–Trinajstić information content (AvgIpc) is 2.99. The second kappa shape index (κ2) is 6.00. The molecule has 2 heterocycles. The Morgan fingerprint density at radius 3 is 2.78 bits per heavy atom. The largest absolute Gasteiger partial charge is 0.349 e. The number of aryl methyl sites for hydroxylation is 1. The van der Waals surface area contributed by atoms with E-state index in [-0.39, 0.29) is 11.5 Å². The number of aromatic nitrogens is 4. The maximum Gasteiger partial charge on any atom is 0.323 e. The van der Waals surface area contributed by atoms with Crippen molar-refractivity contribution in [2.45, 2.75) is 32.1 Å². The molecule has 6 nitrogen and oxygen atoms in total. The summed E-state index contributed by atoms with van der Waals surface area (Å²) in [5, 5.41) is 0. The number of hydrogen-bond donors (Lipinski definition) is 3. The van der Waals surface area contributed by atoms with Gasteiger partial charge in [-0.25, -0.2) is 9.78 Å². The number of unbranched alkanes of at least 4 members (excludes halogenated alkanes) is 2. The molecule has 0 saturated carbocycles. The van der Waals surface area contributed by atoms with Crippen LogP contribution in [-0.2, 0) is 6.42 Å². The zero-order valence-electron chi connectivity index (χ0n) is 10.0. The number of carbonyl (C=O) groups excluding carboxylic acids is 1. The van der Waals surface area contributed by atoms with Crippen LogP contribution in [0.3, 0.4) is 0 Å². The van der Waals surface area contributed by atoms with Crippen molar-refractivity contribution in [2.75, 3.05) is 0 Å². The summed E-state index contributed by atoms with van der Waals surface area (Å²) in [6.45, 7) is 0. The van der Waals surface area contributed by atoms with Crippen LogP contribution in [0.25, 0.3) is 0 Å². The third-order valence-corrected chi connectivity index (χ3v) is 2.77. The average molecular weight is 248 g/mol. The van der Waals surface area contributed by atoms with Crippen molar-refractivity contribution in [1.29, 1.82) is 0 Å². The number of rotatable bonds is 7. The predicted molar refractivity (Wildman–Crippen MR) is 66.5 cm³/mol. The fraction of sp³-hybridized carbons (Fsp3) is 0.417. The minimum absolute atomic E-state index is 0.0219. The Kier molecular flexibility index (Phi) is 4.11. The number of hydrogen-bond acceptors (Lipinski definition) is 3. The first-order valence-corrected chi connectivity index (χ1v) is 6.05. The van der Waals surface area contributed by atoms with E-state index in [0.717, 1.165) is 31.5 Å². The zero-order valence-corrected chi connectivity index (χ0v) is 10.0. The lowest BCUT2D eigenvalue weighted by Crippen LogP contribution is -2.05. The highest BCUT2D eigenvalue weighted by molar-refractivity contribution is 5.93. The SMILES string of the molecule is O=C(CCCCCc1ncc[nH]1)c1c[nH]c(=O)[nH]1. The molecule has 0 aliphatic carbocycles. The summed E-state index contributed by atoms with van der Waals surface area (Å²) in [6.07, 6.45) is 9.14. The van der Waals surface area contributed by atoms with E-state index in [9.17, 15) is 9.59 Å². The Morgan fingerprint density at radius 2 is 2.11 bits per heavy atom. The third kappa shape index (κ3) is 3.44. The van der Waals surface area contributed by atoms with Crippen LogP contribution >= 0.6 is 0 Å². The number of H-pyrrole nitrogens is 3. The van der Waals surface area contributed by atoms with E-state index in [1.165, 1.54) is 6.20 Å². The number of Topliss-reactive ketones (excluding diaryl/α,β-unsaturated/α-hetero) is 1. The van der Waals surface area contributed by atoms with Crippen molar-refractivity contribution in [3.63, 3.8) is 0 Å². The van der Waals surface area contributed by atoms with Crippen LogP contribution in [0, 0.1) is 0 Å². The first kappa shape index (κ1) is 12.3. The van der Waals surface area contributed by atoms with Crippen molar-refractivity contribution < 1.29 is 4.79 Å². The van der Waals surface area contributed by atoms with Gasteiger partial charge in [0.15, 0.2) is 5.78 Å². The van der Waals surface area contributed by atoms with Crippen LogP contribution in [0.15, 0.2) is 23.4 Å². The molecule has 0 aliphatic rings. The Morgan fingerprint density at radius 1 is 1.22 bits per heavy atom. The molecule has 96 valence electrons. The number of nitrogens with zero attached hydrogens (tertiary/aromatic N) is 1. The maximum atomic E-state index is 11.6. The third-order valence-electron chi connectivity index (χ3n) is 2.77. The Balaban J connectivity index is 1.63. The smallest absolute Gasteiger partial charge is 0.323 e. The van der Waals surface area contributed by atoms with Crippen LogP contribution in [0.4, 0.5) is 0 Å². The van der Waals surface area contributed by atoms with Crippen LogP contribution < -0.4 is 5.69 Å². The molecule has 2 aromatic heterocycles. The summed E-state index contributed by atoms with van der Waals surface area (Å²) in [6, 6.07) is 0. The molecule has 18 heavy (non-hydrogen) atoms. The van der Waals surface area contributed by atoms with Crippen LogP contribution in [0.2, 0.25) is 0 Å². The molecule has 2 aromatic rings. The molecule has 3 N–H and O–H groups in total. The van der Waals surface area contributed by atoms with Gasteiger partial charge in [0.25, 0.3) is 0 Å². The summed E-state index contributed by atoms with van der Waals surface area (Å²) in [7, 11) is 0. The normalized spacial score (nSPS) is 10.7. The monoisotopic (exact) mass is 248 g/mol. The van der Waals surface area contributed by atoms with E-state index in [0.29, 0.717) is 12.1 Å². The van der Waals surface area contributed by atoms with E-state index in [1.54, 1.807) is 12.4 Å². The van der Waals surface area contributed by atoms with Gasteiger partial charge >= 0.3 is 5.69 Å². The highest BCUT2D eigenvalue weighted by Gasteiger charge is 2.07. The van der Waals surface area contributed by atoms with Gasteiger partial charge in [0.2, 0.25) is 0 Å². The maximum absolute atomic E-state index is 11.6. The van der Waals surface area contributed by atoms with Crippen molar-refractivity contribution in [3.8, 4) is 0 Å². The van der Waals surface area contributed by atoms with Crippen molar-refractivity contribution >= 4 is 5.78 Å². The van der Waals surface area contributed by atoms with Gasteiger partial charge < -0.3 is 15.0 Å². The van der Waals surface area contributed by atoms with Crippen molar-refractivity contribution in [3.05, 3.63) is 40.6 Å². The van der Waals surface area contributed by atoms with Gasteiger partial charge in [-0.15, -0.1) is 0 Å². The summed E-state index contributed by atoms with van der Waals surface area (Å²) < 4.78 is 0. The Hall–Kier alpha value is -2.11. The number of imidazole rings is 2. The number of nitrogens with one attached hydrogen (secondary N) is 3. The standard InChI is InChI=1S/C12H16N4O2/c17-10(9-8-15-12(18)16-9)4-2-1-3-5-11-13-6-7-14-11/h6-8H,1-5H2,(H,13,14)(H2,15,16,18). The summed E-state index contributed by atoms with van der Waals surface area (Å²) in [5.41, 5.74) is 0.0298. The number of aromatic amines is 3. The lowest BCUT2D eigenvalue weighted by molar-refractivity contribution is 0.0974. The van der Waals surface area contributed by atoms with E-state index >= 15 is 0 Å². The quantitative estimate of drug-likeness (QED) is 0.510. The van der Waals surface area contributed by atoms with E-state index in [4.69, 9.17) is 0 Å².